The van der Waals surface area contributed by atoms with Crippen molar-refractivity contribution in [3.63, 3.8) is 0 Å². The van der Waals surface area contributed by atoms with E-state index in [1.807, 2.05) is 41.5 Å². The summed E-state index contributed by atoms with van der Waals surface area (Å²) in [4.78, 5) is 25.4. The molecule has 0 heterocycles. The molecule has 1 aliphatic rings. The van der Waals surface area contributed by atoms with E-state index in [0.29, 0.717) is 23.9 Å². The van der Waals surface area contributed by atoms with Gasteiger partial charge in [-0.1, -0.05) is 83.1 Å². The van der Waals surface area contributed by atoms with Gasteiger partial charge in [0.2, 0.25) is 0 Å². The maximum Gasteiger partial charge on any atom is 0.195 e. The van der Waals surface area contributed by atoms with Crippen molar-refractivity contribution >= 4 is 11.8 Å². The van der Waals surface area contributed by atoms with Gasteiger partial charge in [0.15, 0.2) is 5.91 Å². The first-order valence-corrected chi connectivity index (χ1v) is 16.6. The van der Waals surface area contributed by atoms with Crippen molar-refractivity contribution in [2.24, 2.45) is 53.3 Å². The number of ether oxygens (including phenoxy) is 2. The third-order valence-electron chi connectivity index (χ3n) is 7.71. The summed E-state index contributed by atoms with van der Waals surface area (Å²) in [6.07, 6.45) is 1.45. The molecule has 47 heavy (non-hydrogen) atoms. The van der Waals surface area contributed by atoms with Gasteiger partial charge in [-0.05, 0) is 87.5 Å². The topological polar surface area (TPSA) is 59.1 Å². The first kappa shape index (κ1) is 65.1. The van der Waals surface area contributed by atoms with E-state index < -0.39 is 0 Å². The summed E-state index contributed by atoms with van der Waals surface area (Å²) in [6, 6.07) is 0.470. The molecule has 2 amide bonds. The van der Waals surface area contributed by atoms with Crippen LogP contribution in [0, 0.1) is 81.5 Å². The van der Waals surface area contributed by atoms with Gasteiger partial charge in [0.25, 0.3) is 0 Å². The summed E-state index contributed by atoms with van der Waals surface area (Å²) in [5.74, 6) is 6.04. The van der Waals surface area contributed by atoms with E-state index in [4.69, 9.17) is 9.47 Å². The minimum atomic E-state index is -0.0753. The molecule has 10 heteroatoms. The fourth-order valence-electron chi connectivity index (χ4n) is 5.24. The van der Waals surface area contributed by atoms with E-state index in [1.165, 1.54) is 4.90 Å². The Morgan fingerprint density at radius 2 is 1.09 bits per heavy atom. The van der Waals surface area contributed by atoms with Crippen LogP contribution in [0.1, 0.15) is 117 Å². The summed E-state index contributed by atoms with van der Waals surface area (Å²) >= 11 is 0. The van der Waals surface area contributed by atoms with Gasteiger partial charge in [-0.25, -0.2) is 14.2 Å². The summed E-state index contributed by atoms with van der Waals surface area (Å²) < 4.78 is 10.0. The van der Waals surface area contributed by atoms with Crippen molar-refractivity contribution in [1.82, 2.24) is 9.80 Å². The molecule has 1 saturated carbocycles. The number of carbonyl (C=O) groups excluding carboxylic acids is 2. The van der Waals surface area contributed by atoms with Crippen LogP contribution in [-0.4, -0.2) is 53.0 Å². The zero-order valence-electron chi connectivity index (χ0n) is 33.7. The zero-order chi connectivity index (χ0) is 34.8. The Morgan fingerprint density at radius 1 is 0.681 bits per heavy atom. The predicted molar refractivity (Wildman–Crippen MR) is 185 cm³/mol. The van der Waals surface area contributed by atoms with Crippen LogP contribution in [0.5, 0.6) is 0 Å². The van der Waals surface area contributed by atoms with E-state index in [2.05, 4.69) is 97.4 Å². The summed E-state index contributed by atoms with van der Waals surface area (Å²) in [5, 5.41) is 0. The molecule has 0 saturated heterocycles. The number of hydrogen-bond donors (Lipinski definition) is 0. The van der Waals surface area contributed by atoms with E-state index in [1.54, 1.807) is 4.90 Å². The minimum absolute atomic E-state index is 0. The quantitative estimate of drug-likeness (QED) is 0.173. The molecule has 272 valence electrons. The predicted octanol–water partition coefficient (Wildman–Crippen LogP) is 9.21. The number of carbonyl (C=O) groups is 2. The Balaban J connectivity index is -0.0000000886. The molecule has 3 atom stereocenters. The standard InChI is InChI=1S/C11H21O.C9H18NO.C9H19O.C8H16NO.4Y/c1-7(2)10-9(6-12-5)11(10)8(3)4;1-7(2)6-10(8(3)4)9(5)11;1-7(2)6-9(10-5)8(3)4;1-6(2)8(10)9(5)7(3)4;;;;/h7-11H,5-6H2,1-4H3;7-8H,5-6H2,1-4H3;7-9H,5-6H2,1-4H3;6-7H,5H2,1-4H3;;;;/q4*-1;;;;. The molecular weight excluding hydrogens is 892 g/mol. The fraction of sp³-hybridized carbons (Fsp3) is 0.838. The molecule has 3 unspecified atom stereocenters. The largest absolute Gasteiger partial charge is 0.555 e. The Labute approximate surface area is 395 Å². The second-order valence-electron chi connectivity index (χ2n) is 14.8. The van der Waals surface area contributed by atoms with E-state index in [0.717, 1.165) is 49.2 Å². The SMILES string of the molecule is [CH2-]C(=O)N(CC(C)C)C(C)C.[CH2-]N(C(=O)C(C)C)C(C)C.[CH2-]OC(CC(C)C)C(C)C.[CH2-]OCC1C(C(C)C)C1C(C)C.[Y].[Y].[Y].[Y]. The van der Waals surface area contributed by atoms with Crippen LogP contribution >= 0.6 is 0 Å². The molecule has 0 spiro atoms. The molecular formula is C37H74N2O4Y4-4. The van der Waals surface area contributed by atoms with Crippen molar-refractivity contribution in [3.8, 4) is 0 Å². The Morgan fingerprint density at radius 3 is 1.21 bits per heavy atom. The van der Waals surface area contributed by atoms with E-state index in [9.17, 15) is 9.59 Å². The molecule has 4 radical (unpaired) electrons. The molecule has 1 aliphatic carbocycles. The van der Waals surface area contributed by atoms with Gasteiger partial charge in [-0.15, -0.1) is 0 Å². The zero-order valence-corrected chi connectivity index (χ0v) is 45.1. The average molecular weight is 967 g/mol. The average Bonchev–Trinajstić information content (AvgIpc) is 3.60. The second kappa shape index (κ2) is 36.1. The van der Waals surface area contributed by atoms with Gasteiger partial charge in [0.05, 0.1) is 5.91 Å². The molecule has 0 bridgehead atoms. The Bertz CT molecular complexity index is 706. The summed E-state index contributed by atoms with van der Waals surface area (Å²) in [6.45, 7) is 38.9. The number of rotatable bonds is 13. The smallest absolute Gasteiger partial charge is 0.195 e. The normalized spacial score (nSPS) is 16.8. The molecule has 0 aliphatic heterocycles. The molecule has 0 aromatic rings. The first-order valence-electron chi connectivity index (χ1n) is 16.6. The van der Waals surface area contributed by atoms with E-state index in [-0.39, 0.29) is 161 Å². The minimum Gasteiger partial charge on any atom is -0.555 e. The van der Waals surface area contributed by atoms with Crippen molar-refractivity contribution < 1.29 is 150 Å². The van der Waals surface area contributed by atoms with Crippen LogP contribution in [-0.2, 0) is 150 Å². The molecule has 1 rings (SSSR count). The van der Waals surface area contributed by atoms with Gasteiger partial charge < -0.3 is 31.0 Å². The molecule has 0 aromatic carbocycles. The first-order chi connectivity index (χ1) is 19.6. The van der Waals surface area contributed by atoms with Crippen molar-refractivity contribution in [2.45, 2.75) is 135 Å². The number of hydrogen-bond acceptors (Lipinski definition) is 4. The Kier molecular flexibility index (Phi) is 50.0. The van der Waals surface area contributed by atoms with Crippen LogP contribution in [0.3, 0.4) is 0 Å². The summed E-state index contributed by atoms with van der Waals surface area (Å²) in [7, 11) is 10.6. The van der Waals surface area contributed by atoms with Crippen molar-refractivity contribution in [3.05, 3.63) is 28.2 Å². The number of nitrogens with zero attached hydrogens (tertiary/aromatic N) is 2. The van der Waals surface area contributed by atoms with Crippen LogP contribution < -0.4 is 0 Å². The van der Waals surface area contributed by atoms with Crippen molar-refractivity contribution in [2.75, 3.05) is 13.2 Å². The van der Waals surface area contributed by atoms with E-state index >= 15 is 0 Å². The molecule has 6 nitrogen and oxygen atoms in total. The van der Waals surface area contributed by atoms with Gasteiger partial charge >= 0.3 is 0 Å². The number of amides is 2. The summed E-state index contributed by atoms with van der Waals surface area (Å²) in [5.41, 5.74) is 0. The van der Waals surface area contributed by atoms with Gasteiger partial charge in [0.1, 0.15) is 0 Å². The van der Waals surface area contributed by atoms with Crippen LogP contribution in [0.25, 0.3) is 0 Å². The van der Waals surface area contributed by atoms with Crippen LogP contribution in [0.15, 0.2) is 0 Å². The Hall–Kier alpha value is 3.15. The second-order valence-corrected chi connectivity index (χ2v) is 14.8. The molecule has 0 aromatic heterocycles. The third kappa shape index (κ3) is 32.3. The maximum absolute atomic E-state index is 11.1. The van der Waals surface area contributed by atoms with Gasteiger partial charge in [-0.3, -0.25) is 11.8 Å². The molecule has 0 N–H and O–H groups in total. The third-order valence-corrected chi connectivity index (χ3v) is 7.71. The molecule has 1 fully saturated rings. The monoisotopic (exact) mass is 966 g/mol. The maximum atomic E-state index is 11.1. The fourth-order valence-corrected chi connectivity index (χ4v) is 5.24. The van der Waals surface area contributed by atoms with Gasteiger partial charge in [0, 0.05) is 162 Å². The van der Waals surface area contributed by atoms with Crippen LogP contribution in [0.2, 0.25) is 0 Å². The van der Waals surface area contributed by atoms with Crippen LogP contribution in [0.4, 0.5) is 0 Å². The van der Waals surface area contributed by atoms with Crippen molar-refractivity contribution in [1.29, 1.82) is 0 Å². The van der Waals surface area contributed by atoms with Gasteiger partial charge in [-0.2, -0.15) is 0 Å².